The average molecular weight is 526 g/mol. The Balaban J connectivity index is 1.68. The van der Waals surface area contributed by atoms with E-state index in [1.165, 1.54) is 12.7 Å². The van der Waals surface area contributed by atoms with Gasteiger partial charge in [0.15, 0.2) is 0 Å². The summed E-state index contributed by atoms with van der Waals surface area (Å²) in [4.78, 5) is 32.9. The highest BCUT2D eigenvalue weighted by molar-refractivity contribution is 14.1. The molecular formula is C18H25IN9O2+. The average Bonchev–Trinajstić information content (AvgIpc) is 2.67. The Morgan fingerprint density at radius 1 is 1.17 bits per heavy atom. The summed E-state index contributed by atoms with van der Waals surface area (Å²) in [6, 6.07) is 1.85. The maximum Gasteiger partial charge on any atom is 0.410 e. The molecule has 11 nitrogen and oxygen atoms in total. The lowest BCUT2D eigenvalue weighted by atomic mass is 10.2. The molecule has 1 aliphatic rings. The molecule has 0 aromatic carbocycles. The number of amides is 1. The summed E-state index contributed by atoms with van der Waals surface area (Å²) in [5, 5.41) is 9.67. The minimum absolute atomic E-state index is 0.253. The van der Waals surface area contributed by atoms with Crippen molar-refractivity contribution in [2.45, 2.75) is 26.4 Å². The maximum absolute atomic E-state index is 12.2. The highest BCUT2D eigenvalue weighted by Crippen LogP contribution is 2.19. The lowest BCUT2D eigenvalue weighted by Crippen LogP contribution is -2.73. The van der Waals surface area contributed by atoms with Crippen molar-refractivity contribution in [1.29, 1.82) is 5.41 Å². The van der Waals surface area contributed by atoms with Crippen LogP contribution in [-0.4, -0.2) is 66.4 Å². The van der Waals surface area contributed by atoms with Crippen LogP contribution < -0.4 is 16.0 Å². The number of piperazine rings is 1. The topological polar surface area (TPSA) is 151 Å². The smallest absolute Gasteiger partial charge is 0.410 e. The molecule has 1 aliphatic heterocycles. The predicted octanol–water partition coefficient (Wildman–Crippen LogP) is 1.19. The van der Waals surface area contributed by atoms with E-state index in [2.05, 4.69) is 24.8 Å². The van der Waals surface area contributed by atoms with Crippen LogP contribution in [0, 0.1) is 5.41 Å². The first-order valence-corrected chi connectivity index (χ1v) is 10.5. The third-order valence-corrected chi connectivity index (χ3v) is 4.88. The number of anilines is 2. The van der Waals surface area contributed by atoms with Crippen molar-refractivity contribution in [3.05, 3.63) is 24.3 Å². The molecule has 30 heavy (non-hydrogen) atoms. The number of hydrogen-bond acceptors (Lipinski definition) is 9. The highest BCUT2D eigenvalue weighted by Gasteiger charge is 2.27. The van der Waals surface area contributed by atoms with Crippen LogP contribution in [-0.2, 0) is 4.74 Å². The van der Waals surface area contributed by atoms with E-state index in [1.807, 2.05) is 49.4 Å². The van der Waals surface area contributed by atoms with Gasteiger partial charge in [-0.2, -0.15) is 9.97 Å². The molecule has 5 N–H and O–H groups in total. The molecular weight excluding hydrogens is 501 g/mol. The monoisotopic (exact) mass is 526 g/mol. The minimum atomic E-state index is -0.511. The number of nitrogens with one attached hydrogen (secondary N) is 1. The number of rotatable bonds is 4. The molecule has 0 saturated carbocycles. The maximum atomic E-state index is 12.2. The van der Waals surface area contributed by atoms with Crippen molar-refractivity contribution in [3.8, 4) is 0 Å². The first-order valence-electron chi connectivity index (χ1n) is 9.38. The van der Waals surface area contributed by atoms with Crippen LogP contribution in [0.1, 0.15) is 26.3 Å². The first kappa shape index (κ1) is 22.1. The SMILES string of the molecule is CC(C)(C)OC(=O)N1CCN(c2cc([NH2+]c3ncnc(N)c3C(=N)I)ncn2)CC1. The van der Waals surface area contributed by atoms with Crippen LogP contribution in [0.5, 0.6) is 0 Å². The number of halogens is 1. The number of nitrogen functional groups attached to an aromatic ring is 1. The Labute approximate surface area is 188 Å². The fraction of sp³-hybridized carbons (Fsp3) is 0.444. The number of hydrogen-bond donors (Lipinski definition) is 3. The van der Waals surface area contributed by atoms with Gasteiger partial charge in [0, 0.05) is 26.2 Å². The zero-order valence-corrected chi connectivity index (χ0v) is 19.3. The molecule has 2 aromatic heterocycles. The van der Waals surface area contributed by atoms with Crippen molar-refractivity contribution < 1.29 is 14.8 Å². The van der Waals surface area contributed by atoms with Crippen LogP contribution in [0.25, 0.3) is 0 Å². The molecule has 160 valence electrons. The summed E-state index contributed by atoms with van der Waals surface area (Å²) in [5.74, 6) is 2.18. The van der Waals surface area contributed by atoms with Gasteiger partial charge in [0.25, 0.3) is 0 Å². The third kappa shape index (κ3) is 5.50. The molecule has 3 heterocycles. The van der Waals surface area contributed by atoms with Gasteiger partial charge < -0.3 is 20.3 Å². The minimum Gasteiger partial charge on any atom is -0.444 e. The van der Waals surface area contributed by atoms with E-state index in [-0.39, 0.29) is 15.6 Å². The van der Waals surface area contributed by atoms with Gasteiger partial charge in [0.2, 0.25) is 11.6 Å². The summed E-state index contributed by atoms with van der Waals surface area (Å²) in [7, 11) is 0. The van der Waals surface area contributed by atoms with Gasteiger partial charge in [-0.3, -0.25) is 5.41 Å². The van der Waals surface area contributed by atoms with E-state index in [4.69, 9.17) is 15.9 Å². The summed E-state index contributed by atoms with van der Waals surface area (Å²) < 4.78 is 5.70. The number of carbonyl (C=O) groups excluding carboxylic acids is 1. The van der Waals surface area contributed by atoms with Crippen molar-refractivity contribution in [3.63, 3.8) is 0 Å². The molecule has 0 atom stereocenters. The highest BCUT2D eigenvalue weighted by atomic mass is 127. The molecule has 0 radical (unpaired) electrons. The Morgan fingerprint density at radius 2 is 1.83 bits per heavy atom. The van der Waals surface area contributed by atoms with E-state index in [1.54, 1.807) is 10.2 Å². The third-order valence-electron chi connectivity index (χ3n) is 4.34. The second-order valence-corrected chi connectivity index (χ2v) is 8.81. The predicted molar refractivity (Wildman–Crippen MR) is 121 cm³/mol. The van der Waals surface area contributed by atoms with Crippen molar-refractivity contribution >= 4 is 55.7 Å². The molecule has 1 amide bonds. The molecule has 1 fully saturated rings. The van der Waals surface area contributed by atoms with E-state index in [0.29, 0.717) is 43.4 Å². The zero-order valence-electron chi connectivity index (χ0n) is 17.1. The number of carbonyl (C=O) groups is 1. The van der Waals surface area contributed by atoms with Crippen LogP contribution in [0.15, 0.2) is 18.7 Å². The molecule has 3 rings (SSSR count). The van der Waals surface area contributed by atoms with Crippen LogP contribution in [0.2, 0.25) is 0 Å². The van der Waals surface area contributed by atoms with E-state index in [9.17, 15) is 4.79 Å². The Hall–Kier alpha value is -2.61. The fourth-order valence-corrected chi connectivity index (χ4v) is 3.50. The second-order valence-electron chi connectivity index (χ2n) is 7.73. The summed E-state index contributed by atoms with van der Waals surface area (Å²) in [6.45, 7) is 7.95. The number of aromatic nitrogens is 4. The van der Waals surface area contributed by atoms with Crippen molar-refractivity contribution in [2.24, 2.45) is 0 Å². The largest absolute Gasteiger partial charge is 0.444 e. The molecule has 0 spiro atoms. The van der Waals surface area contributed by atoms with Gasteiger partial charge in [0.1, 0.15) is 39.2 Å². The van der Waals surface area contributed by atoms with Gasteiger partial charge >= 0.3 is 6.09 Å². The van der Waals surface area contributed by atoms with Gasteiger partial charge in [0.05, 0.1) is 6.07 Å². The Kier molecular flexibility index (Phi) is 6.65. The second kappa shape index (κ2) is 9.04. The lowest BCUT2D eigenvalue weighted by molar-refractivity contribution is -0.487. The summed E-state index contributed by atoms with van der Waals surface area (Å²) >= 11 is 1.88. The first-order chi connectivity index (χ1) is 14.1. The van der Waals surface area contributed by atoms with Crippen LogP contribution >= 0.6 is 22.6 Å². The number of quaternary nitrogens is 1. The van der Waals surface area contributed by atoms with Crippen LogP contribution in [0.3, 0.4) is 0 Å². The number of ether oxygens (including phenoxy) is 1. The standard InChI is InChI=1S/C18H24IN9O2/c1-18(2,3)30-17(29)28-6-4-27(5-7-28)12-8-11(22-9-23-12)26-16-13(14(19)20)15(21)24-10-25-16/h8-10,20H,4-7H2,1-3H3,(H3,21,22,23,24,25,26)/p+1. The Bertz CT molecular complexity index is 939. The number of nitrogens with two attached hydrogens (primary N) is 2. The molecule has 1 saturated heterocycles. The van der Waals surface area contributed by atoms with Crippen molar-refractivity contribution in [2.75, 3.05) is 36.8 Å². The number of nitrogens with zero attached hydrogens (tertiary/aromatic N) is 6. The van der Waals surface area contributed by atoms with E-state index < -0.39 is 5.60 Å². The summed E-state index contributed by atoms with van der Waals surface area (Å²) in [6.07, 6.45) is 2.55. The fourth-order valence-electron chi connectivity index (χ4n) is 2.95. The van der Waals surface area contributed by atoms with Gasteiger partial charge in [-0.25, -0.2) is 20.1 Å². The quantitative estimate of drug-likeness (QED) is 0.397. The summed E-state index contributed by atoms with van der Waals surface area (Å²) in [5.41, 5.74) is 5.86. The lowest BCUT2D eigenvalue weighted by Gasteiger charge is -2.36. The van der Waals surface area contributed by atoms with Crippen LogP contribution in [0.4, 0.5) is 28.1 Å². The molecule has 2 aromatic rings. The van der Waals surface area contributed by atoms with Gasteiger partial charge in [-0.15, -0.1) is 0 Å². The molecule has 12 heteroatoms. The zero-order chi connectivity index (χ0) is 21.9. The Morgan fingerprint density at radius 3 is 2.47 bits per heavy atom. The molecule has 0 unspecified atom stereocenters. The molecule has 0 bridgehead atoms. The van der Waals surface area contributed by atoms with E-state index in [0.717, 1.165) is 5.82 Å². The van der Waals surface area contributed by atoms with Crippen molar-refractivity contribution in [1.82, 2.24) is 24.8 Å². The normalized spacial score (nSPS) is 14.5. The van der Waals surface area contributed by atoms with E-state index >= 15 is 0 Å². The van der Waals surface area contributed by atoms with Gasteiger partial charge in [-0.05, 0) is 43.4 Å². The van der Waals surface area contributed by atoms with Gasteiger partial charge in [-0.1, -0.05) is 0 Å². The molecule has 0 aliphatic carbocycles.